The lowest BCUT2D eigenvalue weighted by Crippen LogP contribution is -3.20. The number of hydrogen-bond donors (Lipinski definition) is 2. The molecule has 228 valence electrons. The van der Waals surface area contributed by atoms with Crippen molar-refractivity contribution in [2.45, 2.75) is 53.6 Å². The third kappa shape index (κ3) is 8.74. The van der Waals surface area contributed by atoms with Crippen LogP contribution in [-0.4, -0.2) is 46.6 Å². The molecule has 16 nitrogen and oxygen atoms in total. The highest BCUT2D eigenvalue weighted by molar-refractivity contribution is 5.92. The number of ether oxygens (including phenoxy) is 2. The summed E-state index contributed by atoms with van der Waals surface area (Å²) in [7, 11) is 0. The third-order valence-electron chi connectivity index (χ3n) is 5.78. The monoisotopic (exact) mass is 588 g/mol. The molecule has 0 saturated carbocycles. The third-order valence-corrected chi connectivity index (χ3v) is 5.78. The van der Waals surface area contributed by atoms with E-state index in [1.165, 1.54) is 23.9 Å². The predicted molar refractivity (Wildman–Crippen MR) is 149 cm³/mol. The molecule has 42 heavy (non-hydrogen) atoms. The summed E-state index contributed by atoms with van der Waals surface area (Å²) >= 11 is 0. The molecular formula is C26H36N8O8. The normalized spacial score (nSPS) is 12.3. The molecule has 0 radical (unpaired) electrons. The highest BCUT2D eigenvalue weighted by Gasteiger charge is 2.26. The topological polar surface area (TPSA) is 173 Å². The number of benzene rings is 2. The van der Waals surface area contributed by atoms with Crippen LogP contribution in [0.1, 0.15) is 52.6 Å². The van der Waals surface area contributed by atoms with Crippen molar-refractivity contribution in [3.63, 3.8) is 0 Å². The molecule has 16 heteroatoms. The van der Waals surface area contributed by atoms with Gasteiger partial charge in [-0.2, -0.15) is 10.3 Å². The first kappa shape index (κ1) is 32.0. The lowest BCUT2D eigenvalue weighted by molar-refractivity contribution is -0.937. The number of nitrogens with one attached hydrogen (secondary N) is 2. The van der Waals surface area contributed by atoms with E-state index in [1.54, 1.807) is 18.5 Å². The van der Waals surface area contributed by atoms with Gasteiger partial charge in [-0.15, -0.1) is 5.01 Å². The van der Waals surface area contributed by atoms with Crippen LogP contribution in [0.2, 0.25) is 0 Å². The fourth-order valence-corrected chi connectivity index (χ4v) is 3.91. The quantitative estimate of drug-likeness (QED) is 0.0626. The largest absolute Gasteiger partial charge is 0.586 e. The van der Waals surface area contributed by atoms with Crippen LogP contribution < -0.4 is 20.9 Å². The van der Waals surface area contributed by atoms with Crippen LogP contribution in [0.25, 0.3) is 11.0 Å². The molecule has 0 bridgehead atoms. The van der Waals surface area contributed by atoms with Crippen LogP contribution >= 0.6 is 0 Å². The van der Waals surface area contributed by atoms with E-state index in [-0.39, 0.29) is 24.1 Å². The first-order valence-electron chi connectivity index (χ1n) is 13.2. The molecule has 1 heterocycles. The molecule has 1 atom stereocenters. The maximum absolute atomic E-state index is 13.5. The van der Waals surface area contributed by atoms with E-state index in [9.17, 15) is 20.0 Å². The molecule has 0 aliphatic carbocycles. The molecule has 0 aliphatic heterocycles. The van der Waals surface area contributed by atoms with Gasteiger partial charge in [0.2, 0.25) is 12.1 Å². The van der Waals surface area contributed by atoms with Crippen molar-refractivity contribution in [1.82, 2.24) is 15.1 Å². The summed E-state index contributed by atoms with van der Waals surface area (Å²) in [5.41, 5.74) is 5.02. The molecule has 0 amide bonds. The SMILES string of the molecule is CCCN(c1cc(N(Cc2ccccc2)[NH+]([O-])NOCOC(C)=O)c2ncn(C(C)C)c2c1)/[N+]([O-])=N/OCOC(C)=O. The molecule has 1 aromatic heterocycles. The minimum atomic E-state index is -0.668. The zero-order valence-corrected chi connectivity index (χ0v) is 24.2. The Morgan fingerprint density at radius 2 is 1.83 bits per heavy atom. The second kappa shape index (κ2) is 15.5. The van der Waals surface area contributed by atoms with Crippen LogP contribution in [0, 0.1) is 10.4 Å². The van der Waals surface area contributed by atoms with Crippen LogP contribution in [-0.2, 0) is 35.3 Å². The van der Waals surface area contributed by atoms with Gasteiger partial charge in [0, 0.05) is 19.9 Å². The highest BCUT2D eigenvalue weighted by Crippen LogP contribution is 2.33. The maximum atomic E-state index is 13.5. The smallest absolute Gasteiger partial charge is 0.305 e. The standard InChI is InChI=1S/C26H36N8O8/c1-6-12-31(33(37)28-41-17-39-20(4)35)23-13-24-26(27-16-30(24)19(2)3)25(14-23)32(15-22-10-8-7-9-11-22)34(38)29-42-18-40-21(5)36/h7-11,13-14,16,19,29,34H,6,12,15,17-18H2,1-5H3/b33-28-. The fraction of sp³-hybridized carbons (Fsp3) is 0.423. The Morgan fingerprint density at radius 1 is 1.14 bits per heavy atom. The first-order chi connectivity index (χ1) is 20.1. The lowest BCUT2D eigenvalue weighted by atomic mass is 10.1. The van der Waals surface area contributed by atoms with Gasteiger partial charge in [0.05, 0.1) is 29.9 Å². The summed E-state index contributed by atoms with van der Waals surface area (Å²) < 4.78 is 11.3. The summed E-state index contributed by atoms with van der Waals surface area (Å²) in [4.78, 5) is 36.9. The Kier molecular flexibility index (Phi) is 11.8. The number of carbonyl (C=O) groups is 2. The number of esters is 2. The summed E-state index contributed by atoms with van der Waals surface area (Å²) in [6, 6.07) is 12.7. The average molecular weight is 589 g/mol. The van der Waals surface area contributed by atoms with E-state index in [0.29, 0.717) is 28.8 Å². The van der Waals surface area contributed by atoms with Gasteiger partial charge < -0.3 is 29.3 Å². The zero-order valence-electron chi connectivity index (χ0n) is 24.2. The van der Waals surface area contributed by atoms with Gasteiger partial charge in [0.15, 0.2) is 0 Å². The number of imidazole rings is 1. The Labute approximate surface area is 242 Å². The van der Waals surface area contributed by atoms with E-state index in [4.69, 9.17) is 14.4 Å². The second-order valence-corrected chi connectivity index (χ2v) is 9.30. The summed E-state index contributed by atoms with van der Waals surface area (Å²) in [5, 5.41) is 32.1. The predicted octanol–water partition coefficient (Wildman–Crippen LogP) is 2.42. The molecule has 0 aliphatic rings. The molecule has 3 aromatic rings. The van der Waals surface area contributed by atoms with Gasteiger partial charge in [-0.3, -0.25) is 9.59 Å². The Morgan fingerprint density at radius 3 is 2.48 bits per heavy atom. The zero-order chi connectivity index (χ0) is 30.6. The van der Waals surface area contributed by atoms with Crippen molar-refractivity contribution in [3.05, 3.63) is 64.8 Å². The number of rotatable bonds is 16. The number of fused-ring (bicyclic) bond motifs is 1. The number of anilines is 2. The van der Waals surface area contributed by atoms with Crippen molar-refractivity contribution in [3.8, 4) is 0 Å². The van der Waals surface area contributed by atoms with Crippen LogP contribution in [0.5, 0.6) is 0 Å². The van der Waals surface area contributed by atoms with Crippen molar-refractivity contribution >= 4 is 34.3 Å². The minimum Gasteiger partial charge on any atom is -0.586 e. The van der Waals surface area contributed by atoms with Gasteiger partial charge in [-0.25, -0.2) is 9.82 Å². The molecular weight excluding hydrogens is 552 g/mol. The van der Waals surface area contributed by atoms with E-state index in [2.05, 4.69) is 20.6 Å². The van der Waals surface area contributed by atoms with E-state index in [0.717, 1.165) is 5.56 Å². The second-order valence-electron chi connectivity index (χ2n) is 9.30. The average Bonchev–Trinajstić information content (AvgIpc) is 3.39. The summed E-state index contributed by atoms with van der Waals surface area (Å²) in [5.74, 6) is -1.15. The van der Waals surface area contributed by atoms with Crippen LogP contribution in [0.15, 0.2) is 54.1 Å². The Balaban J connectivity index is 2.10. The summed E-state index contributed by atoms with van der Waals surface area (Å²) in [6.07, 6.45) is 2.22. The first-order valence-corrected chi connectivity index (χ1v) is 13.2. The number of aromatic nitrogens is 2. The van der Waals surface area contributed by atoms with E-state index >= 15 is 0 Å². The molecule has 2 N–H and O–H groups in total. The highest BCUT2D eigenvalue weighted by atomic mass is 16.8. The van der Waals surface area contributed by atoms with Crippen molar-refractivity contribution in [1.29, 1.82) is 0 Å². The van der Waals surface area contributed by atoms with Gasteiger partial charge in [0.1, 0.15) is 16.9 Å². The molecule has 0 fully saturated rings. The van der Waals surface area contributed by atoms with Crippen molar-refractivity contribution in [2.24, 2.45) is 5.28 Å². The van der Waals surface area contributed by atoms with Crippen molar-refractivity contribution < 1.29 is 39.0 Å². The van der Waals surface area contributed by atoms with Crippen molar-refractivity contribution in [2.75, 3.05) is 30.1 Å². The number of hydrazine groups is 1. The number of quaternary nitrogens is 1. The van der Waals surface area contributed by atoms with Gasteiger partial charge in [-0.05, 0) is 43.6 Å². The van der Waals surface area contributed by atoms with E-state index < -0.39 is 30.8 Å². The van der Waals surface area contributed by atoms with Gasteiger partial charge in [-0.1, -0.05) is 37.3 Å². The molecule has 3 rings (SSSR count). The van der Waals surface area contributed by atoms with E-state index in [1.807, 2.05) is 55.7 Å². The molecule has 1 unspecified atom stereocenters. The van der Waals surface area contributed by atoms with Crippen LogP contribution in [0.4, 0.5) is 11.4 Å². The number of hydrogen-bond acceptors (Lipinski definition) is 12. The molecule has 0 saturated heterocycles. The summed E-state index contributed by atoms with van der Waals surface area (Å²) in [6.45, 7) is 7.60. The number of nitrogens with zero attached hydrogens (tertiary/aromatic N) is 6. The van der Waals surface area contributed by atoms with Gasteiger partial charge in [0.25, 0.3) is 6.79 Å². The van der Waals surface area contributed by atoms with Gasteiger partial charge >= 0.3 is 11.9 Å². The molecule has 2 aromatic carbocycles. The Bertz CT molecular complexity index is 1350. The maximum Gasteiger partial charge on any atom is 0.305 e. The fourth-order valence-electron chi connectivity index (χ4n) is 3.91. The minimum absolute atomic E-state index is 0.00120. The Hall–Kier alpha value is -4.51. The number of carbonyl (C=O) groups excluding carboxylic acids is 2. The molecule has 0 spiro atoms. The van der Waals surface area contributed by atoms with Crippen LogP contribution in [0.3, 0.4) is 0 Å². The lowest BCUT2D eigenvalue weighted by Gasteiger charge is -2.34.